The van der Waals surface area contributed by atoms with Crippen molar-refractivity contribution >= 4 is 140 Å². The van der Waals surface area contributed by atoms with Crippen LogP contribution in [0, 0.1) is 0 Å². The topological polar surface area (TPSA) is 224 Å². The first-order chi connectivity index (χ1) is 5.73. The standard InChI is InChI=1S/CH2O3.3Ca.2H2O4S/c2-1(3)4;;;;2*1-5(2,3)4/h(H2,2,3,4);;;;2*(H2,1,2,3,4)/q;3*+2;;/p-6. The molecule has 88 valence electrons. The van der Waals surface area contributed by atoms with E-state index in [4.69, 9.17) is 50.1 Å². The molecule has 0 aliphatic heterocycles. The smallest absolute Gasteiger partial charge is 0.759 e. The van der Waals surface area contributed by atoms with E-state index in [-0.39, 0.29) is 113 Å². The molecule has 0 aromatic carbocycles. The summed E-state index contributed by atoms with van der Waals surface area (Å²) in [4.78, 5) is 8.33. The Morgan fingerprint density at radius 3 is 0.647 bits per heavy atom. The van der Waals surface area contributed by atoms with Gasteiger partial charge in [0.15, 0.2) is 0 Å². The second kappa shape index (κ2) is 18.8. The van der Waals surface area contributed by atoms with E-state index in [1.54, 1.807) is 0 Å². The molecule has 0 rings (SSSR count). The largest absolute Gasteiger partial charge is 2.00 e. The average molecular weight is 372 g/mol. The molecule has 0 spiro atoms. The number of hydrogen-bond donors (Lipinski definition) is 0. The van der Waals surface area contributed by atoms with Crippen LogP contribution < -0.4 is 10.2 Å². The summed E-state index contributed by atoms with van der Waals surface area (Å²) in [5, 5.41) is 16.7. The zero-order valence-electron chi connectivity index (χ0n) is 7.93. The number of carbonyl (C=O) groups excluding carboxylic acids is 1. The summed E-state index contributed by atoms with van der Waals surface area (Å²) in [5.41, 5.74) is 0. The third kappa shape index (κ3) is 681. The monoisotopic (exact) mass is 372 g/mol. The quantitative estimate of drug-likeness (QED) is 0.221. The molecule has 0 aliphatic rings. The SMILES string of the molecule is O=C([O-])[O-].O=S(=O)([O-])[O-].O=S(=O)([O-])[O-].[Ca+2].[Ca+2].[Ca+2]. The molecule has 0 N–H and O–H groups in total. The fraction of sp³-hybridized carbons (Fsp3) is 0. The zero-order chi connectivity index (χ0) is 12.6. The summed E-state index contributed by atoms with van der Waals surface area (Å²) >= 11 is 0. The van der Waals surface area contributed by atoms with Crippen LogP contribution in [0.4, 0.5) is 4.79 Å². The Morgan fingerprint density at radius 1 is 0.647 bits per heavy atom. The second-order valence-corrected chi connectivity index (χ2v) is 2.70. The van der Waals surface area contributed by atoms with Crippen LogP contribution in [-0.2, 0) is 20.8 Å². The summed E-state index contributed by atoms with van der Waals surface area (Å²) in [6.45, 7) is 0. The van der Waals surface area contributed by atoms with E-state index in [1.165, 1.54) is 0 Å². The molecule has 0 aromatic heterocycles. The molecule has 0 heterocycles. The first-order valence-corrected chi connectivity index (χ1v) is 4.61. The van der Waals surface area contributed by atoms with E-state index in [9.17, 15) is 0 Å². The van der Waals surface area contributed by atoms with Gasteiger partial charge in [-0.05, 0) is 6.16 Å². The maximum atomic E-state index is 8.52. The molecule has 0 fully saturated rings. The van der Waals surface area contributed by atoms with Gasteiger partial charge in [0.1, 0.15) is 0 Å². The first-order valence-electron chi connectivity index (χ1n) is 1.95. The number of carboxylic acid groups (broad SMARTS) is 2. The predicted molar refractivity (Wildman–Crippen MR) is 43.6 cm³/mol. The van der Waals surface area contributed by atoms with Crippen molar-refractivity contribution in [2.75, 3.05) is 0 Å². The molecule has 0 saturated heterocycles. The minimum absolute atomic E-state index is 0. The molecule has 0 atom stereocenters. The van der Waals surface area contributed by atoms with E-state index in [0.717, 1.165) is 0 Å². The van der Waals surface area contributed by atoms with Crippen LogP contribution in [0.25, 0.3) is 0 Å². The molecule has 0 unspecified atom stereocenters. The van der Waals surface area contributed by atoms with Gasteiger partial charge in [-0.1, -0.05) is 0 Å². The Bertz CT molecular complexity index is 291. The number of carbonyl (C=O) groups is 1. The normalized spacial score (nSPS) is 8.24. The van der Waals surface area contributed by atoms with Crippen LogP contribution in [0.3, 0.4) is 0 Å². The van der Waals surface area contributed by atoms with Crippen LogP contribution in [-0.4, -0.2) is 154 Å². The maximum Gasteiger partial charge on any atom is 2.00 e. The van der Waals surface area contributed by atoms with Crippen LogP contribution in [0.1, 0.15) is 0 Å². The molecule has 0 amide bonds. The fourth-order valence-electron chi connectivity index (χ4n) is 0. The third-order valence-corrected chi connectivity index (χ3v) is 0. The summed E-state index contributed by atoms with van der Waals surface area (Å²) < 4.78 is 68.2. The van der Waals surface area contributed by atoms with Gasteiger partial charge in [0.2, 0.25) is 0 Å². The van der Waals surface area contributed by atoms with E-state index < -0.39 is 27.0 Å². The molecule has 0 radical (unpaired) electrons. The molecular weight excluding hydrogens is 372 g/mol. The van der Waals surface area contributed by atoms with Gasteiger partial charge in [-0.3, -0.25) is 16.8 Å². The van der Waals surface area contributed by atoms with Crippen molar-refractivity contribution < 1.29 is 50.1 Å². The van der Waals surface area contributed by atoms with Crippen LogP contribution in [0.15, 0.2) is 0 Å². The van der Waals surface area contributed by atoms with Gasteiger partial charge >= 0.3 is 113 Å². The Morgan fingerprint density at radius 2 is 0.647 bits per heavy atom. The Kier molecular flexibility index (Phi) is 40.6. The van der Waals surface area contributed by atoms with Crippen LogP contribution in [0.2, 0.25) is 0 Å². The average Bonchev–Trinajstić information content (AvgIpc) is 1.45. The Hall–Kier alpha value is 2.79. The van der Waals surface area contributed by atoms with Crippen molar-refractivity contribution in [3.05, 3.63) is 0 Å². The number of hydrogen-bond acceptors (Lipinski definition) is 11. The molecule has 0 saturated carbocycles. The second-order valence-electron chi connectivity index (χ2n) is 1.07. The summed E-state index contributed by atoms with van der Waals surface area (Å²) in [6.07, 6.45) is -2.33. The molecule has 11 nitrogen and oxygen atoms in total. The Labute approximate surface area is 186 Å². The van der Waals surface area contributed by atoms with Crippen LogP contribution in [0.5, 0.6) is 0 Å². The molecule has 0 aliphatic carbocycles. The van der Waals surface area contributed by atoms with Gasteiger partial charge < -0.3 is 33.2 Å². The first kappa shape index (κ1) is 36.7. The predicted octanol–water partition coefficient (Wildman–Crippen LogP) is -6.27. The minimum atomic E-state index is -5.17. The van der Waals surface area contributed by atoms with E-state index in [1.807, 2.05) is 0 Å². The molecule has 0 bridgehead atoms. The summed E-state index contributed by atoms with van der Waals surface area (Å²) in [7, 11) is -10.3. The third-order valence-electron chi connectivity index (χ3n) is 0. The summed E-state index contributed by atoms with van der Waals surface area (Å²) in [5.74, 6) is 0. The zero-order valence-corrected chi connectivity index (χ0v) is 16.2. The van der Waals surface area contributed by atoms with Crippen molar-refractivity contribution in [3.63, 3.8) is 0 Å². The summed E-state index contributed by atoms with van der Waals surface area (Å²) in [6, 6.07) is 0. The van der Waals surface area contributed by atoms with Gasteiger partial charge in [-0.25, -0.2) is 0 Å². The maximum absolute atomic E-state index is 8.52. The van der Waals surface area contributed by atoms with Crippen molar-refractivity contribution in [3.8, 4) is 0 Å². The van der Waals surface area contributed by atoms with Crippen molar-refractivity contribution in [2.45, 2.75) is 0 Å². The van der Waals surface area contributed by atoms with Gasteiger partial charge in [0.25, 0.3) is 0 Å². The van der Waals surface area contributed by atoms with Gasteiger partial charge in [0, 0.05) is 20.8 Å². The van der Waals surface area contributed by atoms with Gasteiger partial charge in [-0.15, -0.1) is 0 Å². The molecule has 16 heteroatoms. The van der Waals surface area contributed by atoms with Crippen molar-refractivity contribution in [1.82, 2.24) is 0 Å². The van der Waals surface area contributed by atoms with Gasteiger partial charge in [0.05, 0.1) is 0 Å². The number of rotatable bonds is 0. The fourth-order valence-corrected chi connectivity index (χ4v) is 0. The van der Waals surface area contributed by atoms with E-state index >= 15 is 0 Å². The van der Waals surface area contributed by atoms with Crippen LogP contribution >= 0.6 is 0 Å². The van der Waals surface area contributed by atoms with Crippen molar-refractivity contribution in [1.29, 1.82) is 0 Å². The van der Waals surface area contributed by atoms with Crippen molar-refractivity contribution in [2.24, 2.45) is 0 Å². The van der Waals surface area contributed by atoms with E-state index in [2.05, 4.69) is 0 Å². The minimum Gasteiger partial charge on any atom is -0.759 e. The Balaban J connectivity index is -0.0000000247. The molecule has 0 aromatic rings. The van der Waals surface area contributed by atoms with E-state index in [0.29, 0.717) is 0 Å². The van der Waals surface area contributed by atoms with Gasteiger partial charge in [-0.2, -0.15) is 0 Å². The molecular formula is CCa3O11S2. The molecule has 17 heavy (non-hydrogen) atoms.